The molecule has 0 aliphatic rings. The highest BCUT2D eigenvalue weighted by Crippen LogP contribution is 2.14. The molecule has 0 heterocycles. The van der Waals surface area contributed by atoms with Crippen LogP contribution in [0.5, 0.6) is 0 Å². The van der Waals surface area contributed by atoms with E-state index in [2.05, 4.69) is 5.32 Å². The molecule has 0 radical (unpaired) electrons. The van der Waals surface area contributed by atoms with Crippen molar-refractivity contribution in [3.8, 4) is 0 Å². The lowest BCUT2D eigenvalue weighted by atomic mass is 10.2. The minimum absolute atomic E-state index is 0.242. The summed E-state index contributed by atoms with van der Waals surface area (Å²) in [5, 5.41) is 12.2. The van der Waals surface area contributed by atoms with E-state index in [1.165, 1.54) is 0 Å². The monoisotopic (exact) mass is 378 g/mol. The number of benzene rings is 1. The summed E-state index contributed by atoms with van der Waals surface area (Å²) in [5.41, 5.74) is 0.638. The smallest absolute Gasteiger partial charge is 0.410 e. The average Bonchev–Trinajstić information content (AvgIpc) is 2.61. The van der Waals surface area contributed by atoms with Crippen LogP contribution in [0.4, 0.5) is 4.79 Å². The lowest BCUT2D eigenvalue weighted by molar-refractivity contribution is 0.0230. The van der Waals surface area contributed by atoms with Crippen molar-refractivity contribution < 1.29 is 14.6 Å². The number of nitrogens with zero attached hydrogens (tertiary/aromatic N) is 1. The van der Waals surface area contributed by atoms with E-state index in [0.29, 0.717) is 13.1 Å². The van der Waals surface area contributed by atoms with Crippen LogP contribution in [0.25, 0.3) is 0 Å². The Morgan fingerprint density at radius 3 is 2.22 bits per heavy atom. The van der Waals surface area contributed by atoms with Crippen LogP contribution in [0.15, 0.2) is 30.3 Å². The number of nitrogens with one attached hydrogen (secondary N) is 1. The molecule has 0 aliphatic heterocycles. The van der Waals surface area contributed by atoms with Crippen molar-refractivity contribution in [3.63, 3.8) is 0 Å². The second-order valence-corrected chi connectivity index (χ2v) is 7.98. The number of unbranched alkanes of at least 4 members (excludes halogenated alkanes) is 4. The number of rotatable bonds is 13. The Morgan fingerprint density at radius 2 is 1.63 bits per heavy atom. The third kappa shape index (κ3) is 12.4. The molecule has 1 rings (SSSR count). The van der Waals surface area contributed by atoms with E-state index in [1.807, 2.05) is 56.0 Å². The molecule has 0 fully saturated rings. The summed E-state index contributed by atoms with van der Waals surface area (Å²) in [5.74, 6) is 0. The van der Waals surface area contributed by atoms with Crippen LogP contribution in [-0.4, -0.2) is 47.9 Å². The molecule has 5 nitrogen and oxygen atoms in total. The van der Waals surface area contributed by atoms with Gasteiger partial charge in [0.05, 0.1) is 0 Å². The van der Waals surface area contributed by atoms with Crippen molar-refractivity contribution >= 4 is 6.09 Å². The number of carbonyl (C=O) groups is 1. The molecule has 0 aliphatic carbocycles. The fourth-order valence-corrected chi connectivity index (χ4v) is 2.76. The summed E-state index contributed by atoms with van der Waals surface area (Å²) >= 11 is 0. The van der Waals surface area contributed by atoms with Crippen molar-refractivity contribution in [1.29, 1.82) is 0 Å². The number of aliphatic hydroxyl groups is 1. The molecule has 1 aromatic rings. The summed E-state index contributed by atoms with van der Waals surface area (Å²) in [6.45, 7) is 9.30. The first-order chi connectivity index (χ1) is 12.9. The summed E-state index contributed by atoms with van der Waals surface area (Å²) in [6, 6.07) is 10.1. The van der Waals surface area contributed by atoms with Crippen molar-refractivity contribution in [2.75, 3.05) is 26.2 Å². The SMILES string of the molecule is CC(C)(C)OC(=O)N(CCCCCNCCCCCO)Cc1ccccc1. The topological polar surface area (TPSA) is 61.8 Å². The number of ether oxygens (including phenoxy) is 1. The van der Waals surface area contributed by atoms with Gasteiger partial charge in [-0.2, -0.15) is 0 Å². The van der Waals surface area contributed by atoms with Crippen LogP contribution in [0.2, 0.25) is 0 Å². The van der Waals surface area contributed by atoms with Gasteiger partial charge in [-0.1, -0.05) is 36.8 Å². The third-order valence-electron chi connectivity index (χ3n) is 4.16. The van der Waals surface area contributed by atoms with Crippen LogP contribution in [0.3, 0.4) is 0 Å². The van der Waals surface area contributed by atoms with Gasteiger partial charge in [0.1, 0.15) is 5.60 Å². The van der Waals surface area contributed by atoms with Gasteiger partial charge in [0, 0.05) is 19.7 Å². The lowest BCUT2D eigenvalue weighted by Crippen LogP contribution is -2.37. The Balaban J connectivity index is 2.31. The van der Waals surface area contributed by atoms with Crippen molar-refractivity contribution in [2.45, 2.75) is 71.4 Å². The second kappa shape index (κ2) is 13.6. The molecule has 27 heavy (non-hydrogen) atoms. The Kier molecular flexibility index (Phi) is 11.8. The molecule has 0 saturated carbocycles. The Morgan fingerprint density at radius 1 is 1.00 bits per heavy atom. The summed E-state index contributed by atoms with van der Waals surface area (Å²) in [7, 11) is 0. The molecule has 0 bridgehead atoms. The molecular formula is C22H38N2O3. The maximum Gasteiger partial charge on any atom is 0.410 e. The third-order valence-corrected chi connectivity index (χ3v) is 4.16. The molecule has 1 aromatic carbocycles. The van der Waals surface area contributed by atoms with Gasteiger partial charge in [0.15, 0.2) is 0 Å². The van der Waals surface area contributed by atoms with Crippen LogP contribution < -0.4 is 5.32 Å². The standard InChI is InChI=1S/C22H38N2O3/c1-22(2,3)27-21(26)24(19-20-13-7-4-8-14-20)17-11-5-9-15-23-16-10-6-12-18-25/h4,7-8,13-14,23,25H,5-6,9-12,15-19H2,1-3H3. The van der Waals surface area contributed by atoms with Crippen LogP contribution in [-0.2, 0) is 11.3 Å². The molecule has 0 atom stereocenters. The number of hydrogen-bond acceptors (Lipinski definition) is 4. The second-order valence-electron chi connectivity index (χ2n) is 7.98. The van der Waals surface area contributed by atoms with Crippen molar-refractivity contribution in [3.05, 3.63) is 35.9 Å². The van der Waals surface area contributed by atoms with Gasteiger partial charge in [-0.15, -0.1) is 0 Å². The fraction of sp³-hybridized carbons (Fsp3) is 0.682. The molecule has 2 N–H and O–H groups in total. The first-order valence-electron chi connectivity index (χ1n) is 10.3. The van der Waals surface area contributed by atoms with Crippen molar-refractivity contribution in [2.24, 2.45) is 0 Å². The average molecular weight is 379 g/mol. The largest absolute Gasteiger partial charge is 0.444 e. The van der Waals surface area contributed by atoms with E-state index in [0.717, 1.165) is 57.2 Å². The predicted octanol–water partition coefficient (Wildman–Crippen LogP) is 4.35. The van der Waals surface area contributed by atoms with Gasteiger partial charge < -0.3 is 20.1 Å². The van der Waals surface area contributed by atoms with Crippen molar-refractivity contribution in [1.82, 2.24) is 10.2 Å². The lowest BCUT2D eigenvalue weighted by Gasteiger charge is -2.27. The number of hydrogen-bond donors (Lipinski definition) is 2. The fourth-order valence-electron chi connectivity index (χ4n) is 2.76. The van der Waals surface area contributed by atoms with E-state index >= 15 is 0 Å². The van der Waals surface area contributed by atoms with Gasteiger partial charge >= 0.3 is 6.09 Å². The highest BCUT2D eigenvalue weighted by Gasteiger charge is 2.21. The van der Waals surface area contributed by atoms with Gasteiger partial charge in [0.2, 0.25) is 0 Å². The summed E-state index contributed by atoms with van der Waals surface area (Å²) in [4.78, 5) is 14.3. The highest BCUT2D eigenvalue weighted by molar-refractivity contribution is 5.68. The summed E-state index contributed by atoms with van der Waals surface area (Å²) < 4.78 is 5.57. The first kappa shape index (κ1) is 23.4. The van der Waals surface area contributed by atoms with Gasteiger partial charge in [-0.05, 0) is 71.5 Å². The molecular weight excluding hydrogens is 340 g/mol. The minimum Gasteiger partial charge on any atom is -0.444 e. The maximum atomic E-state index is 12.5. The number of aliphatic hydroxyl groups excluding tert-OH is 1. The minimum atomic E-state index is -0.480. The normalized spacial score (nSPS) is 11.4. The quantitative estimate of drug-likeness (QED) is 0.501. The maximum absolute atomic E-state index is 12.5. The van der Waals surface area contributed by atoms with E-state index in [-0.39, 0.29) is 12.7 Å². The van der Waals surface area contributed by atoms with E-state index in [1.54, 1.807) is 0 Å². The van der Waals surface area contributed by atoms with Crippen LogP contribution in [0.1, 0.15) is 64.9 Å². The highest BCUT2D eigenvalue weighted by atomic mass is 16.6. The molecule has 1 amide bonds. The zero-order valence-electron chi connectivity index (χ0n) is 17.4. The Bertz CT molecular complexity index is 500. The van der Waals surface area contributed by atoms with Gasteiger partial charge in [-0.3, -0.25) is 0 Å². The number of amides is 1. The molecule has 0 aromatic heterocycles. The predicted molar refractivity (Wildman–Crippen MR) is 111 cm³/mol. The Labute approximate surface area is 165 Å². The first-order valence-corrected chi connectivity index (χ1v) is 10.3. The van der Waals surface area contributed by atoms with Crippen LogP contribution >= 0.6 is 0 Å². The zero-order chi connectivity index (χ0) is 20.0. The Hall–Kier alpha value is -1.59. The molecule has 154 valence electrons. The summed E-state index contributed by atoms with van der Waals surface area (Å²) in [6.07, 6.45) is 6.00. The molecule has 0 saturated heterocycles. The van der Waals surface area contributed by atoms with Crippen LogP contribution in [0, 0.1) is 0 Å². The van der Waals surface area contributed by atoms with E-state index in [4.69, 9.17) is 9.84 Å². The zero-order valence-corrected chi connectivity index (χ0v) is 17.4. The number of carbonyl (C=O) groups excluding carboxylic acids is 1. The van der Waals surface area contributed by atoms with E-state index in [9.17, 15) is 4.79 Å². The van der Waals surface area contributed by atoms with E-state index < -0.39 is 5.60 Å². The molecule has 5 heteroatoms. The van der Waals surface area contributed by atoms with Gasteiger partial charge in [0.25, 0.3) is 0 Å². The van der Waals surface area contributed by atoms with Gasteiger partial charge in [-0.25, -0.2) is 4.79 Å². The molecule has 0 spiro atoms. The molecule has 0 unspecified atom stereocenters.